The molecule has 27 heavy (non-hydrogen) atoms. The molecule has 1 aliphatic rings. The van der Waals surface area contributed by atoms with Gasteiger partial charge in [-0.25, -0.2) is 4.98 Å². The number of halogens is 1. The number of primary amides is 1. The quantitative estimate of drug-likeness (QED) is 0.700. The summed E-state index contributed by atoms with van der Waals surface area (Å²) in [5.74, 6) is 0.688. The van der Waals surface area contributed by atoms with Gasteiger partial charge in [-0.05, 0) is 38.0 Å². The van der Waals surface area contributed by atoms with E-state index in [9.17, 15) is 4.79 Å². The third kappa shape index (κ3) is 3.28. The maximum atomic E-state index is 11.8. The number of benzene rings is 1. The Labute approximate surface area is 161 Å². The van der Waals surface area contributed by atoms with E-state index in [0.717, 1.165) is 18.7 Å². The van der Waals surface area contributed by atoms with Crippen molar-refractivity contribution in [3.05, 3.63) is 35.6 Å². The zero-order valence-electron chi connectivity index (χ0n) is 14.9. The predicted octanol–water partition coefficient (Wildman–Crippen LogP) is 2.70. The highest BCUT2D eigenvalue weighted by Gasteiger charge is 2.32. The number of amides is 1. The summed E-state index contributed by atoms with van der Waals surface area (Å²) in [7, 11) is 0. The fourth-order valence-corrected chi connectivity index (χ4v) is 3.57. The topological polar surface area (TPSA) is 102 Å². The number of nitrogens with two attached hydrogens (primary N) is 1. The first-order valence-electron chi connectivity index (χ1n) is 8.88. The summed E-state index contributed by atoms with van der Waals surface area (Å²) in [4.78, 5) is 27.5. The van der Waals surface area contributed by atoms with E-state index in [1.54, 1.807) is 12.4 Å². The van der Waals surface area contributed by atoms with Gasteiger partial charge in [0, 0.05) is 23.8 Å². The number of rotatable bonds is 5. The number of hydrogen-bond donors (Lipinski definition) is 2. The van der Waals surface area contributed by atoms with Gasteiger partial charge in [-0.1, -0.05) is 17.7 Å². The molecule has 1 aliphatic heterocycles. The SMILES string of the molecule is CCn1cnc2c(Nc3cccc(Cl)c3)nc(N3CCCC3C(N)=O)nc21. The number of fused-ring (bicyclic) bond motifs is 1. The van der Waals surface area contributed by atoms with Crippen LogP contribution < -0.4 is 16.0 Å². The minimum Gasteiger partial charge on any atom is -0.368 e. The van der Waals surface area contributed by atoms with Crippen LogP contribution in [0.3, 0.4) is 0 Å². The fraction of sp³-hybridized carbons (Fsp3) is 0.333. The van der Waals surface area contributed by atoms with Crippen molar-refractivity contribution in [1.82, 2.24) is 19.5 Å². The molecule has 2 aromatic heterocycles. The van der Waals surface area contributed by atoms with E-state index in [1.165, 1.54) is 0 Å². The van der Waals surface area contributed by atoms with Crippen LogP contribution in [0.1, 0.15) is 19.8 Å². The molecular formula is C18H20ClN7O. The third-order valence-electron chi connectivity index (χ3n) is 4.72. The Balaban J connectivity index is 1.82. The van der Waals surface area contributed by atoms with Gasteiger partial charge in [0.15, 0.2) is 17.0 Å². The lowest BCUT2D eigenvalue weighted by Crippen LogP contribution is -2.41. The van der Waals surface area contributed by atoms with Gasteiger partial charge in [0.25, 0.3) is 0 Å². The Kier molecular flexibility index (Phi) is 4.57. The molecule has 9 heteroatoms. The minimum atomic E-state index is -0.389. The number of anilines is 3. The van der Waals surface area contributed by atoms with Gasteiger partial charge in [0.2, 0.25) is 11.9 Å². The van der Waals surface area contributed by atoms with E-state index in [2.05, 4.69) is 20.3 Å². The number of carbonyl (C=O) groups excluding carboxylic acids is 1. The Morgan fingerprint density at radius 2 is 2.26 bits per heavy atom. The summed E-state index contributed by atoms with van der Waals surface area (Å²) in [6.07, 6.45) is 3.32. The molecule has 3 aromatic rings. The molecule has 3 heterocycles. The van der Waals surface area contributed by atoms with E-state index < -0.39 is 0 Å². The van der Waals surface area contributed by atoms with Crippen molar-refractivity contribution < 1.29 is 4.79 Å². The predicted molar refractivity (Wildman–Crippen MR) is 105 cm³/mol. The van der Waals surface area contributed by atoms with Crippen LogP contribution in [0, 0.1) is 0 Å². The van der Waals surface area contributed by atoms with Crippen LogP contribution in [0.15, 0.2) is 30.6 Å². The highest BCUT2D eigenvalue weighted by Crippen LogP contribution is 2.29. The molecule has 1 aromatic carbocycles. The van der Waals surface area contributed by atoms with Crippen molar-refractivity contribution in [2.24, 2.45) is 5.73 Å². The second-order valence-electron chi connectivity index (χ2n) is 6.46. The standard InChI is InChI=1S/C18H20ClN7O/c1-2-25-10-21-14-16(22-12-6-3-5-11(19)9-12)23-18(24-17(14)25)26-8-4-7-13(26)15(20)27/h3,5-6,9-10,13H,2,4,7-8H2,1H3,(H2,20,27)(H,22,23,24). The maximum Gasteiger partial charge on any atom is 0.240 e. The Morgan fingerprint density at radius 3 is 3.00 bits per heavy atom. The summed E-state index contributed by atoms with van der Waals surface area (Å²) in [5, 5.41) is 3.90. The third-order valence-corrected chi connectivity index (χ3v) is 4.95. The van der Waals surface area contributed by atoms with Crippen molar-refractivity contribution in [3.8, 4) is 0 Å². The maximum absolute atomic E-state index is 11.8. The van der Waals surface area contributed by atoms with Gasteiger partial charge in [-0.15, -0.1) is 0 Å². The number of aromatic nitrogens is 4. The molecule has 1 atom stereocenters. The van der Waals surface area contributed by atoms with Crippen molar-refractivity contribution in [2.75, 3.05) is 16.8 Å². The lowest BCUT2D eigenvalue weighted by molar-refractivity contribution is -0.119. The average molecular weight is 386 g/mol. The lowest BCUT2D eigenvalue weighted by Gasteiger charge is -2.22. The Bertz CT molecular complexity index is 1000. The van der Waals surface area contributed by atoms with Crippen molar-refractivity contribution in [3.63, 3.8) is 0 Å². The monoisotopic (exact) mass is 385 g/mol. The number of hydrogen-bond acceptors (Lipinski definition) is 6. The highest BCUT2D eigenvalue weighted by atomic mass is 35.5. The van der Waals surface area contributed by atoms with Gasteiger partial charge in [-0.2, -0.15) is 9.97 Å². The first kappa shape index (κ1) is 17.5. The van der Waals surface area contributed by atoms with Crippen LogP contribution in [-0.2, 0) is 11.3 Å². The van der Waals surface area contributed by atoms with Gasteiger partial charge in [0.1, 0.15) is 6.04 Å². The second kappa shape index (κ2) is 7.03. The van der Waals surface area contributed by atoms with Crippen molar-refractivity contribution in [1.29, 1.82) is 0 Å². The number of nitrogens with zero attached hydrogens (tertiary/aromatic N) is 5. The molecule has 0 radical (unpaired) electrons. The van der Waals surface area contributed by atoms with E-state index in [0.29, 0.717) is 40.9 Å². The second-order valence-corrected chi connectivity index (χ2v) is 6.90. The molecule has 4 rings (SSSR count). The molecule has 140 valence electrons. The molecule has 1 unspecified atom stereocenters. The van der Waals surface area contributed by atoms with Crippen LogP contribution in [0.5, 0.6) is 0 Å². The van der Waals surface area contributed by atoms with Crippen molar-refractivity contribution in [2.45, 2.75) is 32.4 Å². The summed E-state index contributed by atoms with van der Waals surface area (Å²) in [6.45, 7) is 3.44. The number of nitrogens with one attached hydrogen (secondary N) is 1. The Hall–Kier alpha value is -2.87. The van der Waals surface area contributed by atoms with Crippen LogP contribution in [-0.4, -0.2) is 38.0 Å². The molecule has 0 bridgehead atoms. The van der Waals surface area contributed by atoms with E-state index >= 15 is 0 Å². The van der Waals surface area contributed by atoms with E-state index in [1.807, 2.05) is 34.6 Å². The summed E-state index contributed by atoms with van der Waals surface area (Å²) in [5.41, 5.74) is 7.74. The largest absolute Gasteiger partial charge is 0.368 e. The van der Waals surface area contributed by atoms with Crippen LogP contribution in [0.25, 0.3) is 11.2 Å². The zero-order chi connectivity index (χ0) is 19.0. The number of aryl methyl sites for hydroxylation is 1. The first-order valence-corrected chi connectivity index (χ1v) is 9.26. The molecule has 8 nitrogen and oxygen atoms in total. The molecule has 1 amide bonds. The average Bonchev–Trinajstić information content (AvgIpc) is 3.28. The minimum absolute atomic E-state index is 0.357. The summed E-state index contributed by atoms with van der Waals surface area (Å²) >= 11 is 6.09. The number of carbonyl (C=O) groups is 1. The number of imidazole rings is 1. The summed E-state index contributed by atoms with van der Waals surface area (Å²) in [6, 6.07) is 6.99. The molecule has 3 N–H and O–H groups in total. The molecule has 1 fully saturated rings. The van der Waals surface area contributed by atoms with Crippen LogP contribution in [0.2, 0.25) is 5.02 Å². The first-order chi connectivity index (χ1) is 13.1. The van der Waals surface area contributed by atoms with E-state index in [-0.39, 0.29) is 11.9 Å². The smallest absolute Gasteiger partial charge is 0.240 e. The van der Waals surface area contributed by atoms with E-state index in [4.69, 9.17) is 17.3 Å². The van der Waals surface area contributed by atoms with Crippen molar-refractivity contribution >= 4 is 46.1 Å². The molecule has 0 saturated carbocycles. The Morgan fingerprint density at radius 1 is 1.41 bits per heavy atom. The van der Waals surface area contributed by atoms with Crippen LogP contribution >= 0.6 is 11.6 Å². The molecule has 0 aliphatic carbocycles. The highest BCUT2D eigenvalue weighted by molar-refractivity contribution is 6.30. The van der Waals surface area contributed by atoms with Gasteiger partial charge >= 0.3 is 0 Å². The zero-order valence-corrected chi connectivity index (χ0v) is 15.6. The lowest BCUT2D eigenvalue weighted by atomic mass is 10.2. The molecular weight excluding hydrogens is 366 g/mol. The van der Waals surface area contributed by atoms with Crippen LogP contribution in [0.4, 0.5) is 17.5 Å². The molecule has 0 spiro atoms. The normalized spacial score (nSPS) is 16.8. The summed E-state index contributed by atoms with van der Waals surface area (Å²) < 4.78 is 1.94. The van der Waals surface area contributed by atoms with Gasteiger partial charge in [0.05, 0.1) is 6.33 Å². The fourth-order valence-electron chi connectivity index (χ4n) is 3.38. The van der Waals surface area contributed by atoms with Gasteiger partial charge < -0.3 is 20.5 Å². The molecule has 1 saturated heterocycles. The van der Waals surface area contributed by atoms with Gasteiger partial charge in [-0.3, -0.25) is 4.79 Å².